The van der Waals surface area contributed by atoms with Crippen LogP contribution in [0.15, 0.2) is 24.8 Å². The summed E-state index contributed by atoms with van der Waals surface area (Å²) in [4.78, 5) is 0. The summed E-state index contributed by atoms with van der Waals surface area (Å²) >= 11 is 0. The first-order chi connectivity index (χ1) is 9.08. The Bertz CT molecular complexity index is 354. The molecule has 0 radical (unpaired) electrons. The monoisotopic (exact) mass is 258 g/mol. The molecule has 0 spiro atoms. The average molecular weight is 258 g/mol. The Hall–Kier alpha value is -1.48. The van der Waals surface area contributed by atoms with Crippen LogP contribution in [0, 0.1) is 19.8 Å². The van der Waals surface area contributed by atoms with Crippen LogP contribution >= 0.6 is 0 Å². The average Bonchev–Trinajstić information content (AvgIpc) is 2.41. The minimum Gasteiger partial charge on any atom is -0.124 e. The van der Waals surface area contributed by atoms with Gasteiger partial charge in [0.05, 0.1) is 0 Å². The third-order valence-corrected chi connectivity index (χ3v) is 2.86. The second-order valence-electron chi connectivity index (χ2n) is 4.79. The lowest BCUT2D eigenvalue weighted by Crippen LogP contribution is -1.94. The molecule has 0 heteroatoms. The molecule has 0 aromatic heterocycles. The Balaban J connectivity index is 0. The Morgan fingerprint density at radius 3 is 1.95 bits per heavy atom. The molecule has 0 atom stereocenters. The molecule has 0 aliphatic rings. The summed E-state index contributed by atoms with van der Waals surface area (Å²) in [5.41, 5.74) is 4.06. The van der Waals surface area contributed by atoms with Crippen LogP contribution in [-0.2, 0) is 0 Å². The van der Waals surface area contributed by atoms with Gasteiger partial charge in [0, 0.05) is 0 Å². The van der Waals surface area contributed by atoms with E-state index in [0.717, 1.165) is 0 Å². The first-order valence-corrected chi connectivity index (χ1v) is 7.13. The maximum Gasteiger partial charge on any atom is -0.0210 e. The number of hydrogen-bond acceptors (Lipinski definition) is 0. The van der Waals surface area contributed by atoms with E-state index in [1.807, 2.05) is 6.08 Å². The van der Waals surface area contributed by atoms with Crippen molar-refractivity contribution in [2.24, 2.45) is 0 Å². The summed E-state index contributed by atoms with van der Waals surface area (Å²) in [6.07, 6.45) is 14.0. The molecule has 19 heavy (non-hydrogen) atoms. The van der Waals surface area contributed by atoms with Crippen molar-refractivity contribution in [2.45, 2.75) is 59.8 Å². The molecule has 0 saturated carbocycles. The van der Waals surface area contributed by atoms with Gasteiger partial charge in [-0.05, 0) is 29.5 Å². The van der Waals surface area contributed by atoms with Crippen LogP contribution in [0.25, 0.3) is 6.08 Å². The third-order valence-electron chi connectivity index (χ3n) is 2.86. The smallest absolute Gasteiger partial charge is 0.0210 e. The number of rotatable bonds is 4. The summed E-state index contributed by atoms with van der Waals surface area (Å²) in [6.45, 7) is 14.8. The number of terminal acetylenes is 1. The highest BCUT2D eigenvalue weighted by molar-refractivity contribution is 5.55. The first-order valence-electron chi connectivity index (χ1n) is 7.13. The fourth-order valence-electron chi connectivity index (χ4n) is 2.02. The number of unbranched alkanes of at least 4 members (excludes halogenated alkanes) is 2. The van der Waals surface area contributed by atoms with Crippen LogP contribution in [-0.4, -0.2) is 0 Å². The zero-order chi connectivity index (χ0) is 15.3. The van der Waals surface area contributed by atoms with Crippen molar-refractivity contribution in [3.63, 3.8) is 0 Å². The normalized spacial score (nSPS) is 8.84. The molecule has 0 nitrogen and oxygen atoms in total. The van der Waals surface area contributed by atoms with Crippen molar-refractivity contribution < 1.29 is 0 Å². The molecule has 0 saturated heterocycles. The summed E-state index contributed by atoms with van der Waals surface area (Å²) in [5.74, 6) is 0.583. The molecule has 0 aliphatic heterocycles. The van der Waals surface area contributed by atoms with Crippen molar-refractivity contribution in [2.75, 3.05) is 0 Å². The van der Waals surface area contributed by atoms with Gasteiger partial charge in [-0.3, -0.25) is 0 Å². The lowest BCUT2D eigenvalue weighted by molar-refractivity contribution is 0.772. The van der Waals surface area contributed by atoms with Gasteiger partial charge >= 0.3 is 0 Å². The van der Waals surface area contributed by atoms with Crippen LogP contribution in [0.4, 0.5) is 0 Å². The van der Waals surface area contributed by atoms with E-state index in [0.29, 0.717) is 5.92 Å². The minimum atomic E-state index is 0.583. The van der Waals surface area contributed by atoms with Gasteiger partial charge in [0.1, 0.15) is 0 Å². The molecule has 0 N–H and O–H groups in total. The Labute approximate surface area is 120 Å². The summed E-state index contributed by atoms with van der Waals surface area (Å²) in [7, 11) is 0. The third kappa shape index (κ3) is 8.27. The van der Waals surface area contributed by atoms with Gasteiger partial charge in [-0.2, -0.15) is 0 Å². The van der Waals surface area contributed by atoms with E-state index in [2.05, 4.69) is 72.2 Å². The molecule has 106 valence electrons. The van der Waals surface area contributed by atoms with Crippen molar-refractivity contribution in [1.29, 1.82) is 0 Å². The molecule has 0 unspecified atom stereocenters. The van der Waals surface area contributed by atoms with Gasteiger partial charge in [-0.1, -0.05) is 77.8 Å². The SMILES string of the molecule is C#C.C=Cc1cccc(C)c1C(C)C.CCCCC. The number of hydrogen-bond donors (Lipinski definition) is 0. The van der Waals surface area contributed by atoms with E-state index in [4.69, 9.17) is 0 Å². The van der Waals surface area contributed by atoms with E-state index in [1.165, 1.54) is 36.0 Å². The number of aryl methyl sites for hydroxylation is 1. The van der Waals surface area contributed by atoms with Crippen molar-refractivity contribution in [3.05, 3.63) is 41.5 Å². The molecule has 1 aromatic rings. The Morgan fingerprint density at radius 2 is 1.68 bits per heavy atom. The van der Waals surface area contributed by atoms with Gasteiger partial charge in [0.25, 0.3) is 0 Å². The highest BCUT2D eigenvalue weighted by Gasteiger charge is 2.05. The number of benzene rings is 1. The van der Waals surface area contributed by atoms with Gasteiger partial charge < -0.3 is 0 Å². The molecule has 0 heterocycles. The van der Waals surface area contributed by atoms with Crippen molar-refractivity contribution in [3.8, 4) is 12.8 Å². The van der Waals surface area contributed by atoms with Crippen LogP contribution < -0.4 is 0 Å². The predicted octanol–water partition coefficient (Wildman–Crippen LogP) is 6.21. The maximum absolute atomic E-state index is 4.00. The van der Waals surface area contributed by atoms with Crippen LogP contribution in [0.2, 0.25) is 0 Å². The second-order valence-corrected chi connectivity index (χ2v) is 4.79. The standard InChI is InChI=1S/C12H16.C5H12.C2H2/c1-5-11-8-6-7-10(4)12(11)9(2)3;1-3-5-4-2;1-2/h5-9H,1H2,2-4H3;3-5H2,1-2H3;1-2H. The highest BCUT2D eigenvalue weighted by Crippen LogP contribution is 2.23. The fraction of sp³-hybridized carbons (Fsp3) is 0.474. The van der Waals surface area contributed by atoms with E-state index in [-0.39, 0.29) is 0 Å². The second kappa shape index (κ2) is 13.0. The first kappa shape index (κ1) is 19.9. The molecular formula is C19H30. The largest absolute Gasteiger partial charge is 0.124 e. The molecule has 0 aliphatic carbocycles. The zero-order valence-electron chi connectivity index (χ0n) is 13.4. The highest BCUT2D eigenvalue weighted by atomic mass is 14.1. The van der Waals surface area contributed by atoms with Crippen LogP contribution in [0.5, 0.6) is 0 Å². The summed E-state index contributed by atoms with van der Waals surface area (Å²) < 4.78 is 0. The van der Waals surface area contributed by atoms with Gasteiger partial charge in [0.15, 0.2) is 0 Å². The van der Waals surface area contributed by atoms with Crippen LogP contribution in [0.1, 0.15) is 69.6 Å². The summed E-state index contributed by atoms with van der Waals surface area (Å²) in [6, 6.07) is 6.36. The molecule has 0 amide bonds. The minimum absolute atomic E-state index is 0.583. The van der Waals surface area contributed by atoms with Gasteiger partial charge in [-0.25, -0.2) is 0 Å². The van der Waals surface area contributed by atoms with E-state index < -0.39 is 0 Å². The topological polar surface area (TPSA) is 0 Å². The predicted molar refractivity (Wildman–Crippen MR) is 90.4 cm³/mol. The molecule has 1 aromatic carbocycles. The van der Waals surface area contributed by atoms with Crippen molar-refractivity contribution >= 4 is 6.08 Å². The fourth-order valence-corrected chi connectivity index (χ4v) is 2.02. The lowest BCUT2D eigenvalue weighted by Gasteiger charge is -2.12. The molecule has 1 rings (SSSR count). The van der Waals surface area contributed by atoms with E-state index in [9.17, 15) is 0 Å². The Morgan fingerprint density at radius 1 is 1.16 bits per heavy atom. The summed E-state index contributed by atoms with van der Waals surface area (Å²) in [5, 5.41) is 0. The molecule has 0 bridgehead atoms. The molecule has 0 fully saturated rings. The lowest BCUT2D eigenvalue weighted by atomic mass is 9.93. The van der Waals surface area contributed by atoms with Crippen molar-refractivity contribution in [1.82, 2.24) is 0 Å². The zero-order valence-corrected chi connectivity index (χ0v) is 13.4. The van der Waals surface area contributed by atoms with E-state index in [1.54, 1.807) is 0 Å². The maximum atomic E-state index is 4.00. The van der Waals surface area contributed by atoms with Crippen LogP contribution in [0.3, 0.4) is 0 Å². The molecular weight excluding hydrogens is 228 g/mol. The van der Waals surface area contributed by atoms with E-state index >= 15 is 0 Å². The Kier molecular flexibility index (Phi) is 13.5. The van der Waals surface area contributed by atoms with Gasteiger partial charge in [0.2, 0.25) is 0 Å². The van der Waals surface area contributed by atoms with Gasteiger partial charge in [-0.15, -0.1) is 12.8 Å². The quantitative estimate of drug-likeness (QED) is 0.563.